The third-order valence-corrected chi connectivity index (χ3v) is 2.32. The molecule has 1 amide bonds. The van der Waals surface area contributed by atoms with E-state index in [0.29, 0.717) is 13.0 Å². The van der Waals surface area contributed by atoms with Crippen molar-refractivity contribution in [3.8, 4) is 11.8 Å². The van der Waals surface area contributed by atoms with Gasteiger partial charge in [0.2, 0.25) is 5.91 Å². The van der Waals surface area contributed by atoms with E-state index >= 15 is 0 Å². The molecule has 0 aliphatic heterocycles. The Bertz CT molecular complexity index is 455. The van der Waals surface area contributed by atoms with Gasteiger partial charge in [-0.25, -0.2) is 0 Å². The minimum absolute atomic E-state index is 0.0362. The van der Waals surface area contributed by atoms with Crippen LogP contribution in [0.4, 0.5) is 5.69 Å². The maximum absolute atomic E-state index is 11.5. The van der Waals surface area contributed by atoms with Crippen molar-refractivity contribution in [1.29, 1.82) is 0 Å². The molecule has 0 unspecified atom stereocenters. The van der Waals surface area contributed by atoms with Gasteiger partial charge in [0.05, 0.1) is 6.54 Å². The molecule has 3 heteroatoms. The third-order valence-electron chi connectivity index (χ3n) is 2.32. The number of amides is 1. The molecular weight excluding hydrogens is 212 g/mol. The number of nitrogens with two attached hydrogens (primary N) is 1. The minimum Gasteiger partial charge on any atom is -0.326 e. The van der Waals surface area contributed by atoms with Crippen molar-refractivity contribution in [3.05, 3.63) is 29.3 Å². The largest absolute Gasteiger partial charge is 0.326 e. The molecule has 17 heavy (non-hydrogen) atoms. The molecule has 0 spiro atoms. The number of carbonyl (C=O) groups excluding carboxylic acids is 1. The van der Waals surface area contributed by atoms with Crippen molar-refractivity contribution in [3.63, 3.8) is 0 Å². The summed E-state index contributed by atoms with van der Waals surface area (Å²) >= 11 is 0. The molecule has 0 radical (unpaired) electrons. The van der Waals surface area contributed by atoms with Gasteiger partial charge >= 0.3 is 0 Å². The van der Waals surface area contributed by atoms with E-state index in [-0.39, 0.29) is 5.91 Å². The molecule has 0 fully saturated rings. The van der Waals surface area contributed by atoms with Crippen molar-refractivity contribution in [1.82, 2.24) is 0 Å². The highest BCUT2D eigenvalue weighted by Gasteiger charge is 2.02. The van der Waals surface area contributed by atoms with Gasteiger partial charge in [0.1, 0.15) is 0 Å². The predicted octanol–water partition coefficient (Wildman–Crippen LogP) is 2.04. The summed E-state index contributed by atoms with van der Waals surface area (Å²) in [5.41, 5.74) is 8.12. The number of nitrogens with one attached hydrogen (secondary N) is 1. The second-order valence-corrected chi connectivity index (χ2v) is 3.83. The van der Waals surface area contributed by atoms with E-state index in [0.717, 1.165) is 23.2 Å². The zero-order valence-electron chi connectivity index (χ0n) is 10.3. The molecule has 1 rings (SSSR count). The van der Waals surface area contributed by atoms with Crippen LogP contribution in [0.2, 0.25) is 0 Å². The summed E-state index contributed by atoms with van der Waals surface area (Å²) in [6.07, 6.45) is 1.38. The first-order valence-electron chi connectivity index (χ1n) is 5.76. The van der Waals surface area contributed by atoms with Crippen LogP contribution in [0.1, 0.15) is 30.9 Å². The van der Waals surface area contributed by atoms with Crippen LogP contribution in [-0.2, 0) is 4.79 Å². The van der Waals surface area contributed by atoms with E-state index in [4.69, 9.17) is 5.73 Å². The van der Waals surface area contributed by atoms with E-state index in [1.807, 2.05) is 32.0 Å². The van der Waals surface area contributed by atoms with Crippen LogP contribution < -0.4 is 11.1 Å². The first-order valence-corrected chi connectivity index (χ1v) is 5.76. The molecular formula is C14H18N2O. The topological polar surface area (TPSA) is 55.1 Å². The fourth-order valence-electron chi connectivity index (χ4n) is 1.43. The predicted molar refractivity (Wildman–Crippen MR) is 70.6 cm³/mol. The Labute approximate surface area is 102 Å². The highest BCUT2D eigenvalue weighted by atomic mass is 16.1. The van der Waals surface area contributed by atoms with Crippen molar-refractivity contribution in [2.75, 3.05) is 11.9 Å². The van der Waals surface area contributed by atoms with Crippen LogP contribution in [0.25, 0.3) is 0 Å². The lowest BCUT2D eigenvalue weighted by Crippen LogP contribution is -2.10. The molecule has 0 saturated heterocycles. The Hall–Kier alpha value is -1.79. The zero-order valence-corrected chi connectivity index (χ0v) is 10.3. The number of rotatable bonds is 3. The number of anilines is 1. The lowest BCUT2D eigenvalue weighted by atomic mass is 10.1. The lowest BCUT2D eigenvalue weighted by Gasteiger charge is -2.06. The number of hydrogen-bond donors (Lipinski definition) is 2. The van der Waals surface area contributed by atoms with Crippen LogP contribution in [0.3, 0.4) is 0 Å². The summed E-state index contributed by atoms with van der Waals surface area (Å²) in [5, 5.41) is 2.85. The lowest BCUT2D eigenvalue weighted by molar-refractivity contribution is -0.116. The van der Waals surface area contributed by atoms with Gasteiger partial charge in [0.25, 0.3) is 0 Å². The fraction of sp³-hybridized carbons (Fsp3) is 0.357. The van der Waals surface area contributed by atoms with Gasteiger partial charge in [-0.1, -0.05) is 24.8 Å². The van der Waals surface area contributed by atoms with Crippen molar-refractivity contribution < 1.29 is 4.79 Å². The third kappa shape index (κ3) is 4.29. The van der Waals surface area contributed by atoms with Gasteiger partial charge in [0.15, 0.2) is 0 Å². The number of aryl methyl sites for hydroxylation is 1. The first kappa shape index (κ1) is 13.3. The molecule has 0 aliphatic rings. The van der Waals surface area contributed by atoms with Crippen molar-refractivity contribution in [2.24, 2.45) is 5.73 Å². The Kier molecular flexibility index (Phi) is 5.25. The summed E-state index contributed by atoms with van der Waals surface area (Å²) in [4.78, 5) is 11.5. The van der Waals surface area contributed by atoms with Gasteiger partial charge in [-0.2, -0.15) is 0 Å². The quantitative estimate of drug-likeness (QED) is 0.781. The molecule has 0 bridgehead atoms. The van der Waals surface area contributed by atoms with Gasteiger partial charge < -0.3 is 11.1 Å². The summed E-state index contributed by atoms with van der Waals surface area (Å²) in [6.45, 7) is 4.30. The van der Waals surface area contributed by atoms with Crippen LogP contribution >= 0.6 is 0 Å². The molecule has 0 heterocycles. The Morgan fingerprint density at radius 2 is 2.24 bits per heavy atom. The highest BCUT2D eigenvalue weighted by Crippen LogP contribution is 2.14. The Morgan fingerprint density at radius 1 is 1.47 bits per heavy atom. The zero-order chi connectivity index (χ0) is 12.7. The van der Waals surface area contributed by atoms with Crippen molar-refractivity contribution in [2.45, 2.75) is 26.7 Å². The summed E-state index contributed by atoms with van der Waals surface area (Å²) in [5.74, 6) is 5.84. The standard InChI is InChI=1S/C14H18N2O/c1-3-5-14(17)16-13-8-7-11(2)12(10-13)6-4-9-15/h7-8,10H,3,5,9,15H2,1-2H3,(H,16,17). The van der Waals surface area contributed by atoms with Crippen molar-refractivity contribution >= 4 is 11.6 Å². The second kappa shape index (κ2) is 6.72. The maximum Gasteiger partial charge on any atom is 0.224 e. The van der Waals surface area contributed by atoms with Crippen LogP contribution in [0, 0.1) is 18.8 Å². The van der Waals surface area contributed by atoms with Crippen LogP contribution in [0.5, 0.6) is 0 Å². The number of hydrogen-bond acceptors (Lipinski definition) is 2. The number of benzene rings is 1. The average molecular weight is 230 g/mol. The van der Waals surface area contributed by atoms with E-state index in [9.17, 15) is 4.79 Å². The second-order valence-electron chi connectivity index (χ2n) is 3.83. The molecule has 0 aliphatic carbocycles. The van der Waals surface area contributed by atoms with E-state index in [2.05, 4.69) is 17.2 Å². The molecule has 1 aromatic rings. The minimum atomic E-state index is 0.0362. The van der Waals surface area contributed by atoms with Gasteiger partial charge in [-0.15, -0.1) is 0 Å². The van der Waals surface area contributed by atoms with Gasteiger partial charge in [-0.3, -0.25) is 4.79 Å². The van der Waals surface area contributed by atoms with E-state index in [1.54, 1.807) is 0 Å². The van der Waals surface area contributed by atoms with Crippen LogP contribution in [0.15, 0.2) is 18.2 Å². The SMILES string of the molecule is CCCC(=O)Nc1ccc(C)c(C#CCN)c1. The van der Waals surface area contributed by atoms with Crippen LogP contribution in [-0.4, -0.2) is 12.5 Å². The van der Waals surface area contributed by atoms with E-state index in [1.165, 1.54) is 0 Å². The van der Waals surface area contributed by atoms with E-state index < -0.39 is 0 Å². The first-order chi connectivity index (χ1) is 8.17. The van der Waals surface area contributed by atoms with Gasteiger partial charge in [0, 0.05) is 17.7 Å². The Balaban J connectivity index is 2.85. The number of carbonyl (C=O) groups is 1. The fourth-order valence-corrected chi connectivity index (χ4v) is 1.43. The molecule has 3 N–H and O–H groups in total. The summed E-state index contributed by atoms with van der Waals surface area (Å²) < 4.78 is 0. The normalized spacial score (nSPS) is 9.35. The maximum atomic E-state index is 11.5. The molecule has 1 aromatic carbocycles. The monoisotopic (exact) mass is 230 g/mol. The summed E-state index contributed by atoms with van der Waals surface area (Å²) in [7, 11) is 0. The van der Waals surface area contributed by atoms with Gasteiger partial charge in [-0.05, 0) is 31.0 Å². The molecule has 0 saturated carbocycles. The Morgan fingerprint density at radius 3 is 2.88 bits per heavy atom. The molecule has 0 aromatic heterocycles. The smallest absolute Gasteiger partial charge is 0.224 e. The average Bonchev–Trinajstić information content (AvgIpc) is 2.30. The molecule has 90 valence electrons. The molecule has 3 nitrogen and oxygen atoms in total. The highest BCUT2D eigenvalue weighted by molar-refractivity contribution is 5.90. The molecule has 0 atom stereocenters. The summed E-state index contributed by atoms with van der Waals surface area (Å²) in [6, 6.07) is 5.71.